The quantitative estimate of drug-likeness (QED) is 0.777. The molecule has 1 atom stereocenters. The van der Waals surface area contributed by atoms with Crippen LogP contribution in [0.2, 0.25) is 0 Å². The van der Waals surface area contributed by atoms with Crippen molar-refractivity contribution in [3.63, 3.8) is 0 Å². The van der Waals surface area contributed by atoms with E-state index in [1.165, 1.54) is 0 Å². The summed E-state index contributed by atoms with van der Waals surface area (Å²) in [4.78, 5) is 16.7. The number of carbonyl (C=O) groups excluding carboxylic acids is 1. The molecule has 1 fully saturated rings. The van der Waals surface area contributed by atoms with Crippen molar-refractivity contribution in [2.45, 2.75) is 53.0 Å². The second kappa shape index (κ2) is 8.63. The molecule has 118 valence electrons. The van der Waals surface area contributed by atoms with Crippen molar-refractivity contribution in [1.29, 1.82) is 0 Å². The Morgan fingerprint density at radius 2 is 1.80 bits per heavy atom. The molecule has 1 aliphatic heterocycles. The Labute approximate surface area is 124 Å². The summed E-state index contributed by atoms with van der Waals surface area (Å²) in [6.07, 6.45) is 3.31. The Morgan fingerprint density at radius 3 is 2.30 bits per heavy atom. The smallest absolute Gasteiger partial charge is 0.236 e. The maximum Gasteiger partial charge on any atom is 0.236 e. The molecule has 0 aliphatic carbocycles. The molecule has 0 radical (unpaired) electrons. The van der Waals surface area contributed by atoms with Gasteiger partial charge in [0.1, 0.15) is 0 Å². The van der Waals surface area contributed by atoms with Crippen LogP contribution in [0.4, 0.5) is 0 Å². The van der Waals surface area contributed by atoms with E-state index in [0.29, 0.717) is 18.4 Å². The van der Waals surface area contributed by atoms with E-state index in [1.54, 1.807) is 0 Å². The van der Waals surface area contributed by atoms with Crippen molar-refractivity contribution < 1.29 is 9.90 Å². The van der Waals surface area contributed by atoms with Crippen molar-refractivity contribution >= 4 is 5.91 Å². The van der Waals surface area contributed by atoms with Gasteiger partial charge in [-0.25, -0.2) is 0 Å². The third-order valence-electron chi connectivity index (χ3n) is 3.82. The van der Waals surface area contributed by atoms with Crippen LogP contribution in [0.15, 0.2) is 0 Å². The minimum Gasteiger partial charge on any atom is -0.395 e. The van der Waals surface area contributed by atoms with Crippen LogP contribution < -0.4 is 0 Å². The molecule has 0 aromatic heterocycles. The van der Waals surface area contributed by atoms with E-state index in [0.717, 1.165) is 38.9 Å². The number of piperidine rings is 1. The van der Waals surface area contributed by atoms with Crippen molar-refractivity contribution in [3.8, 4) is 0 Å². The lowest BCUT2D eigenvalue weighted by Gasteiger charge is -2.36. The predicted molar refractivity (Wildman–Crippen MR) is 82.6 cm³/mol. The molecule has 1 heterocycles. The predicted octanol–water partition coefficient (Wildman–Crippen LogP) is 1.97. The third-order valence-corrected chi connectivity index (χ3v) is 3.82. The van der Waals surface area contributed by atoms with E-state index in [2.05, 4.69) is 32.6 Å². The van der Waals surface area contributed by atoms with Gasteiger partial charge in [-0.15, -0.1) is 0 Å². The molecule has 1 aliphatic rings. The molecule has 0 saturated carbocycles. The van der Waals surface area contributed by atoms with Crippen LogP contribution in [0.5, 0.6) is 0 Å². The average Bonchev–Trinajstić information content (AvgIpc) is 2.37. The van der Waals surface area contributed by atoms with Crippen molar-refractivity contribution in [3.05, 3.63) is 0 Å². The van der Waals surface area contributed by atoms with E-state index >= 15 is 0 Å². The van der Waals surface area contributed by atoms with Gasteiger partial charge in [0.25, 0.3) is 0 Å². The summed E-state index contributed by atoms with van der Waals surface area (Å²) >= 11 is 0. The molecule has 1 saturated heterocycles. The maximum atomic E-state index is 12.5. The van der Waals surface area contributed by atoms with Crippen LogP contribution in [0.3, 0.4) is 0 Å². The lowest BCUT2D eigenvalue weighted by Crippen LogP contribution is -2.49. The van der Waals surface area contributed by atoms with Gasteiger partial charge >= 0.3 is 0 Å². The molecule has 20 heavy (non-hydrogen) atoms. The fourth-order valence-electron chi connectivity index (χ4n) is 2.91. The molecular formula is C16H32N2O2. The topological polar surface area (TPSA) is 43.8 Å². The van der Waals surface area contributed by atoms with Crippen LogP contribution in [-0.4, -0.2) is 59.6 Å². The van der Waals surface area contributed by atoms with E-state index in [1.807, 2.05) is 4.90 Å². The van der Waals surface area contributed by atoms with Crippen LogP contribution in [0.25, 0.3) is 0 Å². The Hall–Kier alpha value is -0.610. The minimum absolute atomic E-state index is 0.168. The zero-order chi connectivity index (χ0) is 15.1. The molecule has 4 heteroatoms. The fourth-order valence-corrected chi connectivity index (χ4v) is 2.91. The number of carbonyl (C=O) groups is 1. The van der Waals surface area contributed by atoms with Gasteiger partial charge in [0.05, 0.1) is 13.2 Å². The summed E-state index contributed by atoms with van der Waals surface area (Å²) in [6.45, 7) is 11.8. The largest absolute Gasteiger partial charge is 0.395 e. The molecule has 0 bridgehead atoms. The standard InChI is InChI=1S/C16H32N2O2/c1-13(2)9-18(10-14(3)4)16(20)11-17-8-6-5-7-15(17)12-19/h13-15,19H,5-12H2,1-4H3. The third kappa shape index (κ3) is 5.80. The number of rotatable bonds is 7. The average molecular weight is 284 g/mol. The lowest BCUT2D eigenvalue weighted by atomic mass is 10.0. The van der Waals surface area contributed by atoms with Gasteiger partial charge in [0.2, 0.25) is 5.91 Å². The number of hydrogen-bond acceptors (Lipinski definition) is 3. The number of aliphatic hydroxyl groups excluding tert-OH is 1. The van der Waals surface area contributed by atoms with Crippen LogP contribution in [0, 0.1) is 11.8 Å². The Morgan fingerprint density at radius 1 is 1.20 bits per heavy atom. The number of likely N-dealkylation sites (tertiary alicyclic amines) is 1. The van der Waals surface area contributed by atoms with Crippen molar-refractivity contribution in [2.24, 2.45) is 11.8 Å². The van der Waals surface area contributed by atoms with Gasteiger partial charge in [-0.3, -0.25) is 9.69 Å². The summed E-state index contributed by atoms with van der Waals surface area (Å²) in [5.74, 6) is 1.20. The molecule has 0 aromatic rings. The van der Waals surface area contributed by atoms with Gasteiger partial charge in [0.15, 0.2) is 0 Å². The summed E-state index contributed by atoms with van der Waals surface area (Å²) < 4.78 is 0. The summed E-state index contributed by atoms with van der Waals surface area (Å²) in [5.41, 5.74) is 0. The highest BCUT2D eigenvalue weighted by Crippen LogP contribution is 2.17. The Balaban J connectivity index is 2.59. The first-order valence-corrected chi connectivity index (χ1v) is 8.06. The molecule has 1 N–H and O–H groups in total. The first-order chi connectivity index (χ1) is 9.43. The Kier molecular flexibility index (Phi) is 7.52. The second-order valence-electron chi connectivity index (χ2n) is 6.89. The number of nitrogens with zero attached hydrogens (tertiary/aromatic N) is 2. The van der Waals surface area contributed by atoms with Crippen molar-refractivity contribution in [2.75, 3.05) is 32.8 Å². The molecule has 0 aromatic carbocycles. The summed E-state index contributed by atoms with van der Waals surface area (Å²) in [5, 5.41) is 9.44. The highest BCUT2D eigenvalue weighted by Gasteiger charge is 2.26. The van der Waals surface area contributed by atoms with Crippen LogP contribution >= 0.6 is 0 Å². The molecule has 1 unspecified atom stereocenters. The summed E-state index contributed by atoms with van der Waals surface area (Å²) in [7, 11) is 0. The normalized spacial score (nSPS) is 20.6. The van der Waals surface area contributed by atoms with Gasteiger partial charge in [0, 0.05) is 19.1 Å². The van der Waals surface area contributed by atoms with E-state index in [-0.39, 0.29) is 18.6 Å². The lowest BCUT2D eigenvalue weighted by molar-refractivity contribution is -0.134. The van der Waals surface area contributed by atoms with E-state index < -0.39 is 0 Å². The first-order valence-electron chi connectivity index (χ1n) is 8.06. The monoisotopic (exact) mass is 284 g/mol. The highest BCUT2D eigenvalue weighted by atomic mass is 16.3. The highest BCUT2D eigenvalue weighted by molar-refractivity contribution is 5.78. The first kappa shape index (κ1) is 17.4. The van der Waals surface area contributed by atoms with E-state index in [9.17, 15) is 9.90 Å². The molecule has 4 nitrogen and oxygen atoms in total. The van der Waals surface area contributed by atoms with Gasteiger partial charge in [-0.05, 0) is 31.2 Å². The molecular weight excluding hydrogens is 252 g/mol. The number of amides is 1. The van der Waals surface area contributed by atoms with Gasteiger partial charge in [-0.2, -0.15) is 0 Å². The van der Waals surface area contributed by atoms with E-state index in [4.69, 9.17) is 0 Å². The molecule has 0 spiro atoms. The summed E-state index contributed by atoms with van der Waals surface area (Å²) in [6, 6.07) is 0.174. The fraction of sp³-hybridized carbons (Fsp3) is 0.938. The van der Waals surface area contributed by atoms with Crippen LogP contribution in [-0.2, 0) is 4.79 Å². The zero-order valence-corrected chi connectivity index (χ0v) is 13.6. The van der Waals surface area contributed by atoms with Gasteiger partial charge in [-0.1, -0.05) is 34.1 Å². The van der Waals surface area contributed by atoms with Crippen LogP contribution in [0.1, 0.15) is 47.0 Å². The van der Waals surface area contributed by atoms with Gasteiger partial charge < -0.3 is 10.0 Å². The number of hydrogen-bond donors (Lipinski definition) is 1. The number of aliphatic hydroxyl groups is 1. The zero-order valence-electron chi connectivity index (χ0n) is 13.6. The second-order valence-corrected chi connectivity index (χ2v) is 6.89. The minimum atomic E-state index is 0.168. The maximum absolute atomic E-state index is 12.5. The molecule has 1 amide bonds. The SMILES string of the molecule is CC(C)CN(CC(C)C)C(=O)CN1CCCCC1CO. The van der Waals surface area contributed by atoms with Crippen molar-refractivity contribution in [1.82, 2.24) is 9.80 Å². The Bertz CT molecular complexity index is 282. The molecule has 1 rings (SSSR count).